The zero-order valence-corrected chi connectivity index (χ0v) is 12.9. The van der Waals surface area contributed by atoms with E-state index in [1.165, 1.54) is 11.6 Å². The summed E-state index contributed by atoms with van der Waals surface area (Å²) >= 11 is 0. The number of piperidine rings is 1. The van der Waals surface area contributed by atoms with E-state index in [0.717, 1.165) is 30.5 Å². The first-order chi connectivity index (χ1) is 10.6. The topological polar surface area (TPSA) is 83.1 Å². The van der Waals surface area contributed by atoms with E-state index in [2.05, 4.69) is 10.3 Å². The molecule has 0 bridgehead atoms. The van der Waals surface area contributed by atoms with Crippen LogP contribution in [-0.4, -0.2) is 45.5 Å². The third-order valence-corrected chi connectivity index (χ3v) is 4.28. The minimum absolute atomic E-state index is 0.243. The number of hydrogen-bond donors (Lipinski definition) is 1. The maximum absolute atomic E-state index is 12.5. The molecule has 1 saturated heterocycles. The van der Waals surface area contributed by atoms with E-state index in [-0.39, 0.29) is 17.3 Å². The van der Waals surface area contributed by atoms with Crippen molar-refractivity contribution >= 4 is 11.2 Å². The maximum Gasteiger partial charge on any atom is 0.332 e. The van der Waals surface area contributed by atoms with Crippen LogP contribution in [0.15, 0.2) is 15.9 Å². The van der Waals surface area contributed by atoms with Gasteiger partial charge in [-0.1, -0.05) is 0 Å². The molecule has 3 heterocycles. The molecular formula is C14H21N5O3. The van der Waals surface area contributed by atoms with Gasteiger partial charge in [0.25, 0.3) is 5.56 Å². The molecular weight excluding hydrogens is 286 g/mol. The Labute approximate surface area is 127 Å². The molecule has 2 aromatic heterocycles. The largest absolute Gasteiger partial charge is 0.383 e. The van der Waals surface area contributed by atoms with Crippen molar-refractivity contribution in [2.45, 2.75) is 25.4 Å². The lowest BCUT2D eigenvalue weighted by Crippen LogP contribution is -2.40. The van der Waals surface area contributed by atoms with Crippen molar-refractivity contribution in [3.8, 4) is 0 Å². The summed E-state index contributed by atoms with van der Waals surface area (Å²) in [5.74, 6) is 0. The standard InChI is InChI=1S/C14H21N5O3/c1-17-13(20)11-12(18(14(17)21)7-8-22-2)16-9-19(11)10-3-5-15-6-4-10/h9-10,15H,3-8H2,1-2H3. The van der Waals surface area contributed by atoms with Crippen molar-refractivity contribution in [2.75, 3.05) is 26.8 Å². The number of hydrogen-bond acceptors (Lipinski definition) is 5. The second kappa shape index (κ2) is 6.05. The summed E-state index contributed by atoms with van der Waals surface area (Å²) in [7, 11) is 3.09. The molecule has 120 valence electrons. The van der Waals surface area contributed by atoms with Crippen molar-refractivity contribution in [2.24, 2.45) is 7.05 Å². The number of imidazole rings is 1. The van der Waals surface area contributed by atoms with Gasteiger partial charge in [0.05, 0.1) is 19.5 Å². The van der Waals surface area contributed by atoms with E-state index < -0.39 is 0 Å². The summed E-state index contributed by atoms with van der Waals surface area (Å²) in [5.41, 5.74) is 0.309. The Bertz CT molecular complexity index is 782. The van der Waals surface area contributed by atoms with Crippen LogP contribution >= 0.6 is 0 Å². The van der Waals surface area contributed by atoms with Crippen LogP contribution in [0.4, 0.5) is 0 Å². The molecule has 0 spiro atoms. The summed E-state index contributed by atoms with van der Waals surface area (Å²) in [6.45, 7) is 2.62. The highest BCUT2D eigenvalue weighted by atomic mass is 16.5. The van der Waals surface area contributed by atoms with Crippen molar-refractivity contribution in [1.29, 1.82) is 0 Å². The third kappa shape index (κ3) is 2.38. The highest BCUT2D eigenvalue weighted by Crippen LogP contribution is 2.21. The quantitative estimate of drug-likeness (QED) is 0.821. The number of aromatic nitrogens is 4. The van der Waals surface area contributed by atoms with Crippen molar-refractivity contribution < 1.29 is 4.74 Å². The van der Waals surface area contributed by atoms with Gasteiger partial charge in [0.15, 0.2) is 11.2 Å². The van der Waals surface area contributed by atoms with Gasteiger partial charge < -0.3 is 14.6 Å². The molecule has 1 aliphatic heterocycles. The minimum atomic E-state index is -0.356. The van der Waals surface area contributed by atoms with E-state index in [1.807, 2.05) is 4.57 Å². The molecule has 2 aromatic rings. The fourth-order valence-electron chi connectivity index (χ4n) is 3.02. The Morgan fingerprint density at radius 1 is 1.36 bits per heavy atom. The van der Waals surface area contributed by atoms with Gasteiger partial charge in [-0.15, -0.1) is 0 Å². The van der Waals surface area contributed by atoms with E-state index in [9.17, 15) is 9.59 Å². The number of nitrogens with zero attached hydrogens (tertiary/aromatic N) is 4. The molecule has 0 saturated carbocycles. The summed E-state index contributed by atoms with van der Waals surface area (Å²) < 4.78 is 9.65. The van der Waals surface area contributed by atoms with Crippen molar-refractivity contribution in [1.82, 2.24) is 24.0 Å². The van der Waals surface area contributed by atoms with Gasteiger partial charge in [-0.2, -0.15) is 0 Å². The normalized spacial score (nSPS) is 16.5. The Hall–Kier alpha value is -1.93. The molecule has 0 radical (unpaired) electrons. The van der Waals surface area contributed by atoms with Crippen molar-refractivity contribution in [3.63, 3.8) is 0 Å². The number of rotatable bonds is 4. The molecule has 1 N–H and O–H groups in total. The first-order valence-electron chi connectivity index (χ1n) is 7.51. The maximum atomic E-state index is 12.5. The van der Waals surface area contributed by atoms with Crippen LogP contribution in [0.3, 0.4) is 0 Å². The molecule has 0 unspecified atom stereocenters. The van der Waals surface area contributed by atoms with Gasteiger partial charge in [-0.05, 0) is 25.9 Å². The molecule has 0 aliphatic carbocycles. The van der Waals surface area contributed by atoms with E-state index in [1.54, 1.807) is 13.4 Å². The molecule has 0 atom stereocenters. The SMILES string of the molecule is COCCn1c(=O)n(C)c(=O)c2c1ncn2C1CCNCC1. The Morgan fingerprint density at radius 3 is 2.77 bits per heavy atom. The summed E-state index contributed by atoms with van der Waals surface area (Å²) in [6, 6.07) is 0.243. The minimum Gasteiger partial charge on any atom is -0.383 e. The second-order valence-corrected chi connectivity index (χ2v) is 5.60. The van der Waals surface area contributed by atoms with Gasteiger partial charge in [0, 0.05) is 20.2 Å². The van der Waals surface area contributed by atoms with Gasteiger partial charge in [-0.25, -0.2) is 9.78 Å². The lowest BCUT2D eigenvalue weighted by molar-refractivity contribution is 0.186. The molecule has 8 heteroatoms. The summed E-state index contributed by atoms with van der Waals surface area (Å²) in [6.07, 6.45) is 3.59. The number of ether oxygens (including phenoxy) is 1. The monoisotopic (exact) mass is 307 g/mol. The van der Waals surface area contributed by atoms with E-state index >= 15 is 0 Å². The van der Waals surface area contributed by atoms with Crippen LogP contribution in [-0.2, 0) is 18.3 Å². The average Bonchev–Trinajstić information content (AvgIpc) is 2.98. The van der Waals surface area contributed by atoms with Gasteiger partial charge in [0.1, 0.15) is 0 Å². The summed E-state index contributed by atoms with van der Waals surface area (Å²) in [5, 5.41) is 3.31. The summed E-state index contributed by atoms with van der Waals surface area (Å²) in [4.78, 5) is 29.2. The first kappa shape index (κ1) is 15.0. The first-order valence-corrected chi connectivity index (χ1v) is 7.51. The van der Waals surface area contributed by atoms with Crippen molar-refractivity contribution in [3.05, 3.63) is 27.2 Å². The highest BCUT2D eigenvalue weighted by Gasteiger charge is 2.22. The Morgan fingerprint density at radius 2 is 2.09 bits per heavy atom. The van der Waals surface area contributed by atoms with Crippen LogP contribution < -0.4 is 16.6 Å². The van der Waals surface area contributed by atoms with Gasteiger partial charge in [-0.3, -0.25) is 13.9 Å². The third-order valence-electron chi connectivity index (χ3n) is 4.28. The zero-order chi connectivity index (χ0) is 15.7. The molecule has 1 fully saturated rings. The van der Waals surface area contributed by atoms with Crippen LogP contribution in [0, 0.1) is 0 Å². The molecule has 22 heavy (non-hydrogen) atoms. The molecule has 1 aliphatic rings. The second-order valence-electron chi connectivity index (χ2n) is 5.60. The van der Waals surface area contributed by atoms with Crippen LogP contribution in [0.2, 0.25) is 0 Å². The van der Waals surface area contributed by atoms with Crippen LogP contribution in [0.1, 0.15) is 18.9 Å². The van der Waals surface area contributed by atoms with Crippen LogP contribution in [0.5, 0.6) is 0 Å². The van der Waals surface area contributed by atoms with E-state index in [0.29, 0.717) is 24.3 Å². The molecule has 0 aromatic carbocycles. The predicted molar refractivity (Wildman–Crippen MR) is 82.3 cm³/mol. The number of nitrogens with one attached hydrogen (secondary N) is 1. The lowest BCUT2D eigenvalue weighted by Gasteiger charge is -2.24. The average molecular weight is 307 g/mol. The Kier molecular flexibility index (Phi) is 4.12. The van der Waals surface area contributed by atoms with Gasteiger partial charge in [0.2, 0.25) is 0 Å². The Balaban J connectivity index is 2.19. The number of methoxy groups -OCH3 is 1. The van der Waals surface area contributed by atoms with E-state index in [4.69, 9.17) is 4.74 Å². The smallest absolute Gasteiger partial charge is 0.332 e. The van der Waals surface area contributed by atoms with Crippen LogP contribution in [0.25, 0.3) is 11.2 Å². The predicted octanol–water partition coefficient (Wildman–Crippen LogP) is -0.532. The lowest BCUT2D eigenvalue weighted by atomic mass is 10.1. The molecule has 8 nitrogen and oxygen atoms in total. The van der Waals surface area contributed by atoms with Gasteiger partial charge >= 0.3 is 5.69 Å². The zero-order valence-electron chi connectivity index (χ0n) is 12.9. The number of fused-ring (bicyclic) bond motifs is 1. The fourth-order valence-corrected chi connectivity index (χ4v) is 3.02. The highest BCUT2D eigenvalue weighted by molar-refractivity contribution is 5.70. The fraction of sp³-hybridized carbons (Fsp3) is 0.643. The molecule has 0 amide bonds. The molecule has 3 rings (SSSR count).